The molecule has 0 aromatic carbocycles. The fourth-order valence-electron chi connectivity index (χ4n) is 3.30. The van der Waals surface area contributed by atoms with E-state index >= 15 is 0 Å². The van der Waals surface area contributed by atoms with Gasteiger partial charge in [0, 0.05) is 18.6 Å². The second-order valence-electron chi connectivity index (χ2n) is 6.86. The summed E-state index contributed by atoms with van der Waals surface area (Å²) in [6.07, 6.45) is 3.62. The first kappa shape index (κ1) is 13.0. The Hall–Kier alpha value is -0.0800. The highest BCUT2D eigenvalue weighted by molar-refractivity contribution is 4.94. The molecule has 3 N–H and O–H groups in total. The lowest BCUT2D eigenvalue weighted by molar-refractivity contribution is 0.0810. The first-order valence-corrected chi connectivity index (χ1v) is 6.21. The predicted octanol–water partition coefficient (Wildman–Crippen LogP) is 2.53. The van der Waals surface area contributed by atoms with Crippen LogP contribution in [-0.2, 0) is 0 Å². The van der Waals surface area contributed by atoms with Gasteiger partial charge in [-0.05, 0) is 30.1 Å². The Morgan fingerprint density at radius 3 is 2.33 bits per heavy atom. The van der Waals surface area contributed by atoms with Gasteiger partial charge < -0.3 is 11.1 Å². The third kappa shape index (κ3) is 4.12. The molecule has 15 heavy (non-hydrogen) atoms. The van der Waals surface area contributed by atoms with E-state index in [2.05, 4.69) is 39.9 Å². The Morgan fingerprint density at radius 1 is 1.27 bits per heavy atom. The summed E-state index contributed by atoms with van der Waals surface area (Å²) < 4.78 is 0. The number of rotatable bonds is 3. The fraction of sp³-hybridized carbons (Fsp3) is 1.00. The van der Waals surface area contributed by atoms with Crippen molar-refractivity contribution in [1.29, 1.82) is 0 Å². The van der Waals surface area contributed by atoms with Crippen molar-refractivity contribution in [1.82, 2.24) is 5.32 Å². The van der Waals surface area contributed by atoms with Crippen LogP contribution >= 0.6 is 0 Å². The smallest absolute Gasteiger partial charge is 0.00495 e. The summed E-state index contributed by atoms with van der Waals surface area (Å²) in [6, 6.07) is 0.954. The van der Waals surface area contributed by atoms with Crippen molar-refractivity contribution in [2.24, 2.45) is 16.6 Å². The molecule has 0 bridgehead atoms. The number of nitrogens with one attached hydrogen (secondary N) is 1. The molecule has 1 saturated carbocycles. The number of hydrogen-bond acceptors (Lipinski definition) is 2. The van der Waals surface area contributed by atoms with Gasteiger partial charge in [-0.15, -0.1) is 0 Å². The lowest BCUT2D eigenvalue weighted by Gasteiger charge is -2.46. The van der Waals surface area contributed by atoms with Crippen molar-refractivity contribution in [3.8, 4) is 0 Å². The molecule has 0 aromatic heterocycles. The average Bonchev–Trinajstić information content (AvgIpc) is 1.96. The summed E-state index contributed by atoms with van der Waals surface area (Å²) in [5, 5.41) is 3.56. The van der Waals surface area contributed by atoms with E-state index in [0.717, 1.165) is 13.0 Å². The second-order valence-corrected chi connectivity index (χ2v) is 6.86. The summed E-state index contributed by atoms with van der Waals surface area (Å²) in [5.74, 6) is 0. The lowest BCUT2D eigenvalue weighted by Crippen LogP contribution is -2.47. The molecule has 1 aliphatic carbocycles. The van der Waals surface area contributed by atoms with Crippen LogP contribution in [0.25, 0.3) is 0 Å². The molecule has 1 rings (SSSR count). The van der Waals surface area contributed by atoms with Gasteiger partial charge in [-0.25, -0.2) is 0 Å². The zero-order chi connectivity index (χ0) is 11.7. The van der Waals surface area contributed by atoms with Gasteiger partial charge in [0.2, 0.25) is 0 Å². The van der Waals surface area contributed by atoms with Crippen LogP contribution in [0.5, 0.6) is 0 Å². The van der Waals surface area contributed by atoms with E-state index in [4.69, 9.17) is 5.73 Å². The minimum Gasteiger partial charge on any atom is -0.328 e. The summed E-state index contributed by atoms with van der Waals surface area (Å²) in [6.45, 7) is 12.6. The van der Waals surface area contributed by atoms with E-state index in [1.54, 1.807) is 0 Å². The van der Waals surface area contributed by atoms with Crippen molar-refractivity contribution >= 4 is 0 Å². The molecule has 0 saturated heterocycles. The molecule has 0 radical (unpaired) electrons. The largest absolute Gasteiger partial charge is 0.328 e. The van der Waals surface area contributed by atoms with Crippen LogP contribution in [0.15, 0.2) is 0 Å². The first-order chi connectivity index (χ1) is 6.72. The molecule has 2 atom stereocenters. The van der Waals surface area contributed by atoms with Crippen LogP contribution in [0.1, 0.15) is 53.9 Å². The van der Waals surface area contributed by atoms with Crippen LogP contribution < -0.4 is 11.1 Å². The van der Waals surface area contributed by atoms with Gasteiger partial charge in [0.25, 0.3) is 0 Å². The monoisotopic (exact) mass is 212 g/mol. The summed E-state index contributed by atoms with van der Waals surface area (Å²) in [5.41, 5.74) is 6.95. The van der Waals surface area contributed by atoms with Crippen molar-refractivity contribution in [3.63, 3.8) is 0 Å². The molecule has 1 aliphatic rings. The third-order valence-electron chi connectivity index (χ3n) is 3.41. The summed E-state index contributed by atoms with van der Waals surface area (Å²) in [4.78, 5) is 0. The SMILES string of the molecule is CC(C)NCC1(C)CC(N)CC(C)(C)C1. The Bertz CT molecular complexity index is 211. The zero-order valence-corrected chi connectivity index (χ0v) is 11.1. The van der Waals surface area contributed by atoms with Crippen LogP contribution in [0.3, 0.4) is 0 Å². The number of nitrogens with two attached hydrogens (primary N) is 1. The maximum Gasteiger partial charge on any atom is 0.00495 e. The molecular weight excluding hydrogens is 184 g/mol. The van der Waals surface area contributed by atoms with Gasteiger partial charge in [-0.1, -0.05) is 34.6 Å². The van der Waals surface area contributed by atoms with Gasteiger partial charge >= 0.3 is 0 Å². The second kappa shape index (κ2) is 4.42. The standard InChI is InChI=1S/C13H28N2/c1-10(2)15-9-13(5)7-11(14)6-12(3,4)8-13/h10-11,15H,6-9,14H2,1-5H3. The topological polar surface area (TPSA) is 38.0 Å². The average molecular weight is 212 g/mol. The van der Waals surface area contributed by atoms with Gasteiger partial charge in [0.15, 0.2) is 0 Å². The molecule has 0 aromatic rings. The maximum absolute atomic E-state index is 6.16. The van der Waals surface area contributed by atoms with Gasteiger partial charge in [0.05, 0.1) is 0 Å². The van der Waals surface area contributed by atoms with Crippen molar-refractivity contribution in [2.75, 3.05) is 6.54 Å². The highest BCUT2D eigenvalue weighted by atomic mass is 14.9. The van der Waals surface area contributed by atoms with Crippen molar-refractivity contribution in [3.05, 3.63) is 0 Å². The van der Waals surface area contributed by atoms with Crippen LogP contribution in [0.2, 0.25) is 0 Å². The zero-order valence-electron chi connectivity index (χ0n) is 11.1. The Balaban J connectivity index is 2.58. The van der Waals surface area contributed by atoms with Gasteiger partial charge in [-0.3, -0.25) is 0 Å². The molecule has 1 fully saturated rings. The van der Waals surface area contributed by atoms with E-state index in [9.17, 15) is 0 Å². The lowest BCUT2D eigenvalue weighted by atomic mass is 9.63. The van der Waals surface area contributed by atoms with E-state index in [0.29, 0.717) is 22.9 Å². The van der Waals surface area contributed by atoms with Crippen LogP contribution in [-0.4, -0.2) is 18.6 Å². The van der Waals surface area contributed by atoms with Crippen molar-refractivity contribution < 1.29 is 0 Å². The Kier molecular flexibility index (Phi) is 3.83. The van der Waals surface area contributed by atoms with Crippen LogP contribution in [0, 0.1) is 10.8 Å². The molecular formula is C13H28N2. The molecule has 2 heteroatoms. The third-order valence-corrected chi connectivity index (χ3v) is 3.41. The molecule has 2 unspecified atom stereocenters. The minimum absolute atomic E-state index is 0.380. The highest BCUT2D eigenvalue weighted by Gasteiger charge is 2.39. The molecule has 0 amide bonds. The Labute approximate surface area is 95.0 Å². The predicted molar refractivity (Wildman–Crippen MR) is 66.9 cm³/mol. The summed E-state index contributed by atoms with van der Waals surface area (Å²) >= 11 is 0. The molecule has 0 spiro atoms. The van der Waals surface area contributed by atoms with Crippen LogP contribution in [0.4, 0.5) is 0 Å². The van der Waals surface area contributed by atoms with Gasteiger partial charge in [0.1, 0.15) is 0 Å². The molecule has 0 aliphatic heterocycles. The Morgan fingerprint density at radius 2 is 1.87 bits per heavy atom. The molecule has 90 valence electrons. The highest BCUT2D eigenvalue weighted by Crippen LogP contribution is 2.45. The van der Waals surface area contributed by atoms with E-state index < -0.39 is 0 Å². The van der Waals surface area contributed by atoms with E-state index in [1.807, 2.05) is 0 Å². The van der Waals surface area contributed by atoms with E-state index in [1.165, 1.54) is 12.8 Å². The van der Waals surface area contributed by atoms with Gasteiger partial charge in [-0.2, -0.15) is 0 Å². The quantitative estimate of drug-likeness (QED) is 0.754. The first-order valence-electron chi connectivity index (χ1n) is 6.21. The normalized spacial score (nSPS) is 35.8. The summed E-state index contributed by atoms with van der Waals surface area (Å²) in [7, 11) is 0. The maximum atomic E-state index is 6.16. The molecule has 2 nitrogen and oxygen atoms in total. The fourth-order valence-corrected chi connectivity index (χ4v) is 3.30. The van der Waals surface area contributed by atoms with Crippen molar-refractivity contribution in [2.45, 2.75) is 66.0 Å². The molecule has 0 heterocycles. The van der Waals surface area contributed by atoms with E-state index in [-0.39, 0.29) is 0 Å². The number of hydrogen-bond donors (Lipinski definition) is 2. The minimum atomic E-state index is 0.380.